The van der Waals surface area contributed by atoms with Gasteiger partial charge in [0.05, 0.1) is 24.2 Å². The Morgan fingerprint density at radius 3 is 2.25 bits per heavy atom. The number of benzene rings is 2. The van der Waals surface area contributed by atoms with E-state index in [-0.39, 0.29) is 29.4 Å². The van der Waals surface area contributed by atoms with E-state index in [1.54, 1.807) is 7.11 Å². The summed E-state index contributed by atoms with van der Waals surface area (Å²) >= 11 is 0. The molecule has 1 N–H and O–H groups in total. The molecule has 5 nitrogen and oxygen atoms in total. The van der Waals surface area contributed by atoms with Crippen LogP contribution in [0.15, 0.2) is 54.6 Å². The average Bonchev–Trinajstić information content (AvgIpc) is 3.27. The molecule has 2 aromatic carbocycles. The van der Waals surface area contributed by atoms with Crippen LogP contribution < -0.4 is 10.1 Å². The molecule has 28 heavy (non-hydrogen) atoms. The van der Waals surface area contributed by atoms with Crippen LogP contribution in [0.25, 0.3) is 0 Å². The standard InChI is InChI=1S/C22H27NO4S/c1-27-19-13-11-18(12-14-19)22(17-7-3-2-4-8-17)23-21(24)15-16-28(25,26)20-9-5-6-10-20/h2-4,7-8,11-14,20,22H,5-6,9-10,15-16H2,1H3,(H,23,24)/t22-/m0/s1. The monoisotopic (exact) mass is 401 g/mol. The first-order valence-corrected chi connectivity index (χ1v) is 11.4. The number of rotatable bonds is 8. The average molecular weight is 402 g/mol. The van der Waals surface area contributed by atoms with E-state index >= 15 is 0 Å². The zero-order valence-corrected chi connectivity index (χ0v) is 17.0. The maximum atomic E-state index is 12.6. The predicted molar refractivity (Wildman–Crippen MR) is 110 cm³/mol. The van der Waals surface area contributed by atoms with Crippen LogP contribution in [0.3, 0.4) is 0 Å². The molecule has 0 bridgehead atoms. The van der Waals surface area contributed by atoms with Crippen LogP contribution >= 0.6 is 0 Å². The van der Waals surface area contributed by atoms with Gasteiger partial charge in [0.1, 0.15) is 5.75 Å². The lowest BCUT2D eigenvalue weighted by Crippen LogP contribution is -2.32. The van der Waals surface area contributed by atoms with Crippen molar-refractivity contribution >= 4 is 15.7 Å². The molecule has 0 aromatic heterocycles. The minimum absolute atomic E-state index is 0.0156. The zero-order valence-electron chi connectivity index (χ0n) is 16.1. The normalized spacial score (nSPS) is 15.9. The van der Waals surface area contributed by atoms with Gasteiger partial charge in [0.25, 0.3) is 0 Å². The van der Waals surface area contributed by atoms with Gasteiger partial charge in [-0.05, 0) is 36.1 Å². The molecule has 0 saturated heterocycles. The van der Waals surface area contributed by atoms with Crippen molar-refractivity contribution in [3.8, 4) is 5.75 Å². The van der Waals surface area contributed by atoms with Gasteiger partial charge < -0.3 is 10.1 Å². The van der Waals surface area contributed by atoms with Gasteiger partial charge in [-0.15, -0.1) is 0 Å². The number of carbonyl (C=O) groups excluding carboxylic acids is 1. The Morgan fingerprint density at radius 2 is 1.64 bits per heavy atom. The van der Waals surface area contributed by atoms with Gasteiger partial charge in [-0.3, -0.25) is 4.79 Å². The van der Waals surface area contributed by atoms with E-state index in [0.29, 0.717) is 0 Å². The van der Waals surface area contributed by atoms with Gasteiger partial charge >= 0.3 is 0 Å². The molecule has 2 aromatic rings. The summed E-state index contributed by atoms with van der Waals surface area (Å²) in [5.74, 6) is 0.393. The lowest BCUT2D eigenvalue weighted by molar-refractivity contribution is -0.121. The van der Waals surface area contributed by atoms with Crippen molar-refractivity contribution in [1.82, 2.24) is 5.32 Å². The molecule has 0 heterocycles. The van der Waals surface area contributed by atoms with E-state index < -0.39 is 9.84 Å². The fourth-order valence-corrected chi connectivity index (χ4v) is 5.54. The maximum Gasteiger partial charge on any atom is 0.221 e. The summed E-state index contributed by atoms with van der Waals surface area (Å²) in [6, 6.07) is 16.8. The van der Waals surface area contributed by atoms with Gasteiger partial charge in [-0.25, -0.2) is 8.42 Å². The molecule has 1 amide bonds. The molecule has 0 spiro atoms. The summed E-state index contributed by atoms with van der Waals surface area (Å²) in [5, 5.41) is 2.73. The summed E-state index contributed by atoms with van der Waals surface area (Å²) in [5.41, 5.74) is 1.86. The van der Waals surface area contributed by atoms with Crippen LogP contribution in [0.2, 0.25) is 0 Å². The third-order valence-corrected chi connectivity index (χ3v) is 7.57. The summed E-state index contributed by atoms with van der Waals surface area (Å²) in [7, 11) is -1.60. The van der Waals surface area contributed by atoms with Crippen LogP contribution in [-0.4, -0.2) is 32.4 Å². The Morgan fingerprint density at radius 1 is 1.04 bits per heavy atom. The fourth-order valence-electron chi connectivity index (χ4n) is 3.68. The lowest BCUT2D eigenvalue weighted by atomic mass is 9.98. The van der Waals surface area contributed by atoms with Crippen molar-refractivity contribution in [2.45, 2.75) is 43.4 Å². The minimum atomic E-state index is -3.21. The van der Waals surface area contributed by atoms with E-state index in [2.05, 4.69) is 5.32 Å². The van der Waals surface area contributed by atoms with E-state index in [1.807, 2.05) is 54.6 Å². The third-order valence-electron chi connectivity index (χ3n) is 5.31. The van der Waals surface area contributed by atoms with Crippen LogP contribution in [0.1, 0.15) is 49.3 Å². The molecule has 0 aliphatic heterocycles. The molecule has 1 fully saturated rings. The van der Waals surface area contributed by atoms with Crippen molar-refractivity contribution in [3.05, 3.63) is 65.7 Å². The number of sulfone groups is 1. The first kappa shape index (κ1) is 20.4. The molecule has 3 rings (SSSR count). The summed E-state index contributed by atoms with van der Waals surface area (Å²) in [6.07, 6.45) is 3.36. The predicted octanol–water partition coefficient (Wildman–Crippen LogP) is 3.65. The van der Waals surface area contributed by atoms with Crippen molar-refractivity contribution in [2.24, 2.45) is 0 Å². The Bertz CT molecular complexity index is 873. The van der Waals surface area contributed by atoms with Crippen LogP contribution in [-0.2, 0) is 14.6 Å². The molecule has 1 atom stereocenters. The van der Waals surface area contributed by atoms with Crippen LogP contribution in [0.5, 0.6) is 5.75 Å². The summed E-state index contributed by atoms with van der Waals surface area (Å²) < 4.78 is 30.1. The van der Waals surface area contributed by atoms with Crippen LogP contribution in [0, 0.1) is 0 Å². The van der Waals surface area contributed by atoms with E-state index in [1.165, 1.54) is 0 Å². The van der Waals surface area contributed by atoms with Gasteiger partial charge in [0.15, 0.2) is 9.84 Å². The lowest BCUT2D eigenvalue weighted by Gasteiger charge is -2.20. The highest BCUT2D eigenvalue weighted by atomic mass is 32.2. The van der Waals surface area contributed by atoms with E-state index in [0.717, 1.165) is 42.6 Å². The fraction of sp³-hybridized carbons (Fsp3) is 0.409. The van der Waals surface area contributed by atoms with Gasteiger partial charge in [0, 0.05) is 6.42 Å². The SMILES string of the molecule is COc1ccc([C@@H](NC(=O)CCS(=O)(=O)C2CCCC2)c2ccccc2)cc1. The second-order valence-corrected chi connectivity index (χ2v) is 9.61. The highest BCUT2D eigenvalue weighted by Gasteiger charge is 2.29. The highest BCUT2D eigenvalue weighted by molar-refractivity contribution is 7.92. The Hall–Kier alpha value is -2.34. The van der Waals surface area contributed by atoms with Crippen LogP contribution in [0.4, 0.5) is 0 Å². The van der Waals surface area contributed by atoms with Crippen molar-refractivity contribution in [2.75, 3.05) is 12.9 Å². The quantitative estimate of drug-likeness (QED) is 0.733. The molecule has 6 heteroatoms. The minimum Gasteiger partial charge on any atom is -0.497 e. The third kappa shape index (κ3) is 5.13. The largest absolute Gasteiger partial charge is 0.497 e. The number of hydrogen-bond acceptors (Lipinski definition) is 4. The van der Waals surface area contributed by atoms with Gasteiger partial charge in [0.2, 0.25) is 5.91 Å². The Labute approximate surface area is 167 Å². The second-order valence-electron chi connectivity index (χ2n) is 7.21. The molecule has 1 saturated carbocycles. The summed E-state index contributed by atoms with van der Waals surface area (Å²) in [6.45, 7) is 0. The highest BCUT2D eigenvalue weighted by Crippen LogP contribution is 2.26. The number of carbonyl (C=O) groups is 1. The zero-order chi connectivity index (χ0) is 20.0. The molecular weight excluding hydrogens is 374 g/mol. The first-order valence-electron chi connectivity index (χ1n) is 9.69. The van der Waals surface area contributed by atoms with Crippen molar-refractivity contribution in [3.63, 3.8) is 0 Å². The number of nitrogens with one attached hydrogen (secondary N) is 1. The Kier molecular flexibility index (Phi) is 6.73. The number of ether oxygens (including phenoxy) is 1. The smallest absolute Gasteiger partial charge is 0.221 e. The van der Waals surface area contributed by atoms with E-state index in [9.17, 15) is 13.2 Å². The first-order chi connectivity index (χ1) is 13.5. The van der Waals surface area contributed by atoms with E-state index in [4.69, 9.17) is 4.74 Å². The van der Waals surface area contributed by atoms with Crippen molar-refractivity contribution in [1.29, 1.82) is 0 Å². The molecular formula is C22H27NO4S. The second kappa shape index (κ2) is 9.24. The number of methoxy groups -OCH3 is 1. The number of amides is 1. The molecule has 1 aliphatic rings. The van der Waals surface area contributed by atoms with Crippen molar-refractivity contribution < 1.29 is 17.9 Å². The maximum absolute atomic E-state index is 12.6. The molecule has 0 radical (unpaired) electrons. The van der Waals surface area contributed by atoms with Gasteiger partial charge in [-0.1, -0.05) is 55.3 Å². The number of hydrogen-bond donors (Lipinski definition) is 1. The molecule has 1 aliphatic carbocycles. The van der Waals surface area contributed by atoms with Gasteiger partial charge in [-0.2, -0.15) is 0 Å². The summed E-state index contributed by atoms with van der Waals surface area (Å²) in [4.78, 5) is 12.6. The Balaban J connectivity index is 1.71. The molecule has 0 unspecified atom stereocenters. The topological polar surface area (TPSA) is 72.5 Å². The molecule has 150 valence electrons.